The van der Waals surface area contributed by atoms with Crippen molar-refractivity contribution in [3.8, 4) is 11.5 Å². The number of nitrogens with one attached hydrogen (secondary N) is 2. The van der Waals surface area contributed by atoms with E-state index >= 15 is 0 Å². The van der Waals surface area contributed by atoms with Crippen LogP contribution in [0.3, 0.4) is 0 Å². The second-order valence-electron chi connectivity index (χ2n) is 11.9. The smallest absolute Gasteiger partial charge is 0.262 e. The van der Waals surface area contributed by atoms with Crippen LogP contribution in [-0.4, -0.2) is 30.8 Å². The Labute approximate surface area is 244 Å². The summed E-state index contributed by atoms with van der Waals surface area (Å²) in [7, 11) is 1.58. The zero-order valence-electron chi connectivity index (χ0n) is 23.1. The van der Waals surface area contributed by atoms with Crippen LogP contribution in [0, 0.1) is 17.8 Å². The number of hydrogen-bond donors (Lipinski definition) is 2. The fourth-order valence-corrected chi connectivity index (χ4v) is 8.49. The molecule has 4 saturated carbocycles. The summed E-state index contributed by atoms with van der Waals surface area (Å²) in [5.74, 6) is 3.56. The van der Waals surface area contributed by atoms with Gasteiger partial charge in [-0.15, -0.1) is 0 Å². The molecule has 0 aliphatic heterocycles. The molecule has 4 aliphatic carbocycles. The van der Waals surface area contributed by atoms with Crippen molar-refractivity contribution in [2.75, 3.05) is 24.5 Å². The predicted octanol–water partition coefficient (Wildman–Crippen LogP) is 7.24. The van der Waals surface area contributed by atoms with Crippen LogP contribution in [0.5, 0.6) is 11.5 Å². The Morgan fingerprint density at radius 3 is 2.44 bits per heavy atom. The molecular formula is C33H34N4O3S. The van der Waals surface area contributed by atoms with E-state index in [1.54, 1.807) is 30.7 Å². The highest BCUT2D eigenvalue weighted by molar-refractivity contribution is 7.22. The number of methoxy groups -OCH3 is 1. The Hall–Kier alpha value is -3.91. The highest BCUT2D eigenvalue weighted by Gasteiger charge is 2.51. The minimum absolute atomic E-state index is 0.111. The molecule has 4 bridgehead atoms. The standard InChI is InChI=1S/C33H34N4O3S/c1-39-29-15-21(19-34-37-32-36-27-4-2-3-5-30(27)41-32)6-11-28(29)40-20-31(38)35-26-9-7-25(8-10-26)33-16-22-12-23(17-33)14-24(13-22)18-33/h2-11,15,19,22-24H,12-14,16-18,20H2,1H3,(H,35,38)(H,36,37)/b34-19+. The molecule has 0 atom stereocenters. The van der Waals surface area contributed by atoms with Crippen molar-refractivity contribution in [2.45, 2.75) is 43.9 Å². The molecule has 210 valence electrons. The zero-order chi connectivity index (χ0) is 27.8. The number of para-hydroxylation sites is 1. The third kappa shape index (κ3) is 5.40. The van der Waals surface area contributed by atoms with Gasteiger partial charge in [0.2, 0.25) is 5.13 Å². The van der Waals surface area contributed by atoms with E-state index in [1.165, 1.54) is 44.1 Å². The molecule has 8 rings (SSSR count). The lowest BCUT2D eigenvalue weighted by atomic mass is 9.48. The van der Waals surface area contributed by atoms with Crippen LogP contribution in [0.15, 0.2) is 71.8 Å². The Balaban J connectivity index is 0.934. The molecule has 1 aromatic heterocycles. The number of aromatic nitrogens is 1. The number of carbonyl (C=O) groups excluding carboxylic acids is 1. The van der Waals surface area contributed by atoms with Gasteiger partial charge in [0.25, 0.3) is 5.91 Å². The first-order valence-electron chi connectivity index (χ1n) is 14.4. The van der Waals surface area contributed by atoms with E-state index in [4.69, 9.17) is 9.47 Å². The molecule has 0 radical (unpaired) electrons. The number of rotatable bonds is 9. The third-order valence-corrected chi connectivity index (χ3v) is 9.97. The van der Waals surface area contributed by atoms with Gasteiger partial charge in [-0.2, -0.15) is 5.10 Å². The topological polar surface area (TPSA) is 84.8 Å². The number of thiazole rings is 1. The maximum absolute atomic E-state index is 12.7. The number of nitrogens with zero attached hydrogens (tertiary/aromatic N) is 2. The normalized spacial score (nSPS) is 24.6. The first-order valence-corrected chi connectivity index (χ1v) is 15.2. The van der Waals surface area contributed by atoms with Gasteiger partial charge < -0.3 is 14.8 Å². The first kappa shape index (κ1) is 26.0. The molecule has 1 amide bonds. The van der Waals surface area contributed by atoms with Crippen LogP contribution in [0.2, 0.25) is 0 Å². The van der Waals surface area contributed by atoms with Crippen molar-refractivity contribution in [1.82, 2.24) is 4.98 Å². The summed E-state index contributed by atoms with van der Waals surface area (Å²) in [5.41, 5.74) is 7.36. The van der Waals surface area contributed by atoms with Crippen molar-refractivity contribution in [2.24, 2.45) is 22.9 Å². The molecule has 4 fully saturated rings. The SMILES string of the molecule is COc1cc(/C=N/Nc2nc3ccccc3s2)ccc1OCC(=O)Nc1ccc(C23CC4CC(CC(C4)C2)C3)cc1. The quantitative estimate of drug-likeness (QED) is 0.165. The monoisotopic (exact) mass is 566 g/mol. The number of anilines is 2. The van der Waals surface area contributed by atoms with Crippen molar-refractivity contribution in [3.63, 3.8) is 0 Å². The number of carbonyl (C=O) groups is 1. The van der Waals surface area contributed by atoms with Crippen molar-refractivity contribution in [3.05, 3.63) is 77.9 Å². The van der Waals surface area contributed by atoms with E-state index in [-0.39, 0.29) is 12.5 Å². The Kier molecular flexibility index (Phi) is 6.87. The van der Waals surface area contributed by atoms with Gasteiger partial charge in [0, 0.05) is 5.69 Å². The molecule has 0 unspecified atom stereocenters. The fraction of sp³-hybridized carbons (Fsp3) is 0.364. The predicted molar refractivity (Wildman–Crippen MR) is 164 cm³/mol. The van der Waals surface area contributed by atoms with Crippen LogP contribution in [0.1, 0.15) is 49.7 Å². The summed E-state index contributed by atoms with van der Waals surface area (Å²) in [6, 6.07) is 22.0. The van der Waals surface area contributed by atoms with Gasteiger partial charge in [-0.1, -0.05) is 35.6 Å². The van der Waals surface area contributed by atoms with Crippen LogP contribution in [0.25, 0.3) is 10.2 Å². The molecule has 0 spiro atoms. The zero-order valence-corrected chi connectivity index (χ0v) is 24.0. The molecule has 0 saturated heterocycles. The molecule has 8 heteroatoms. The third-order valence-electron chi connectivity index (χ3n) is 9.03. The van der Waals surface area contributed by atoms with Gasteiger partial charge in [0.1, 0.15) is 0 Å². The largest absolute Gasteiger partial charge is 0.493 e. The van der Waals surface area contributed by atoms with Crippen molar-refractivity contribution < 1.29 is 14.3 Å². The highest BCUT2D eigenvalue weighted by atomic mass is 32.1. The van der Waals surface area contributed by atoms with Gasteiger partial charge >= 0.3 is 0 Å². The van der Waals surface area contributed by atoms with Gasteiger partial charge in [-0.3, -0.25) is 10.2 Å². The summed E-state index contributed by atoms with van der Waals surface area (Å²) in [4.78, 5) is 17.2. The summed E-state index contributed by atoms with van der Waals surface area (Å²) in [6.45, 7) is -0.111. The molecule has 2 N–H and O–H groups in total. The van der Waals surface area contributed by atoms with E-state index in [2.05, 4.69) is 33.0 Å². The Bertz CT molecular complexity index is 1530. The van der Waals surface area contributed by atoms with Crippen LogP contribution < -0.4 is 20.2 Å². The maximum atomic E-state index is 12.7. The fourth-order valence-electron chi connectivity index (χ4n) is 7.68. The van der Waals surface area contributed by atoms with Gasteiger partial charge in [-0.25, -0.2) is 4.98 Å². The molecule has 4 aliphatic rings. The number of hydrogen-bond acceptors (Lipinski definition) is 7. The molecule has 4 aromatic rings. The Morgan fingerprint density at radius 1 is 1.00 bits per heavy atom. The molecule has 3 aromatic carbocycles. The lowest BCUT2D eigenvalue weighted by molar-refractivity contribution is -0.118. The molecule has 7 nitrogen and oxygen atoms in total. The number of fused-ring (bicyclic) bond motifs is 1. The summed E-state index contributed by atoms with van der Waals surface area (Å²) < 4.78 is 12.4. The molecule has 41 heavy (non-hydrogen) atoms. The first-order chi connectivity index (χ1) is 20.0. The van der Waals surface area contributed by atoms with E-state index in [0.29, 0.717) is 16.9 Å². The lowest BCUT2D eigenvalue weighted by Crippen LogP contribution is -2.48. The number of ether oxygens (including phenoxy) is 2. The van der Waals surface area contributed by atoms with Gasteiger partial charge in [0.15, 0.2) is 18.1 Å². The van der Waals surface area contributed by atoms with E-state index in [1.807, 2.05) is 48.5 Å². The average molecular weight is 567 g/mol. The number of hydrazone groups is 1. The summed E-state index contributed by atoms with van der Waals surface area (Å²) >= 11 is 1.55. The maximum Gasteiger partial charge on any atom is 0.262 e. The minimum atomic E-state index is -0.208. The lowest BCUT2D eigenvalue weighted by Gasteiger charge is -2.57. The number of amides is 1. The van der Waals surface area contributed by atoms with Crippen LogP contribution in [-0.2, 0) is 10.2 Å². The Morgan fingerprint density at radius 2 is 1.73 bits per heavy atom. The molecular weight excluding hydrogens is 532 g/mol. The molecule has 1 heterocycles. The minimum Gasteiger partial charge on any atom is -0.493 e. The van der Waals surface area contributed by atoms with Crippen molar-refractivity contribution in [1.29, 1.82) is 0 Å². The van der Waals surface area contributed by atoms with Crippen molar-refractivity contribution >= 4 is 44.5 Å². The summed E-state index contributed by atoms with van der Waals surface area (Å²) in [5, 5.41) is 8.00. The average Bonchev–Trinajstić information content (AvgIpc) is 3.39. The van der Waals surface area contributed by atoms with Crippen LogP contribution in [0.4, 0.5) is 10.8 Å². The second-order valence-corrected chi connectivity index (χ2v) is 12.9. The second kappa shape index (κ2) is 10.8. The highest BCUT2D eigenvalue weighted by Crippen LogP contribution is 2.60. The van der Waals surface area contributed by atoms with Gasteiger partial charge in [0.05, 0.1) is 23.5 Å². The number of benzene rings is 3. The summed E-state index contributed by atoms with van der Waals surface area (Å²) in [6.07, 6.45) is 10.0. The van der Waals surface area contributed by atoms with Crippen LogP contribution >= 0.6 is 11.3 Å². The van der Waals surface area contributed by atoms with E-state index in [9.17, 15) is 4.79 Å². The van der Waals surface area contributed by atoms with E-state index < -0.39 is 0 Å². The van der Waals surface area contributed by atoms with E-state index in [0.717, 1.165) is 44.4 Å². The van der Waals surface area contributed by atoms with Gasteiger partial charge in [-0.05, 0) is 115 Å².